The molecule has 0 saturated carbocycles. The number of fused-ring (bicyclic) bond motifs is 1. The van der Waals surface area contributed by atoms with Crippen molar-refractivity contribution in [2.24, 2.45) is 0 Å². The predicted octanol–water partition coefficient (Wildman–Crippen LogP) is 3.44. The largest absolute Gasteiger partial charge is 0.493 e. The van der Waals surface area contributed by atoms with Crippen LogP contribution in [-0.4, -0.2) is 38.7 Å². The van der Waals surface area contributed by atoms with E-state index in [1.54, 1.807) is 30.3 Å². The number of esters is 1. The fourth-order valence-corrected chi connectivity index (χ4v) is 2.88. The minimum Gasteiger partial charge on any atom is -0.493 e. The maximum absolute atomic E-state index is 12.0. The molecule has 0 aromatic heterocycles. The van der Waals surface area contributed by atoms with Crippen molar-refractivity contribution >= 4 is 23.4 Å². The van der Waals surface area contributed by atoms with E-state index in [9.17, 15) is 9.59 Å². The fraction of sp³-hybridized carbons (Fsp3) is 0.300. The van der Waals surface area contributed by atoms with Gasteiger partial charge >= 0.3 is 5.97 Å². The Bertz CT molecular complexity index is 894. The molecule has 0 spiro atoms. The van der Waals surface area contributed by atoms with E-state index in [1.165, 1.54) is 14.0 Å². The highest BCUT2D eigenvalue weighted by Crippen LogP contribution is 2.38. The smallest absolute Gasteiger partial charge is 0.344 e. The number of rotatable bonds is 7. The Hall–Kier alpha value is -2.93. The normalized spacial score (nSPS) is 12.2. The van der Waals surface area contributed by atoms with Gasteiger partial charge in [0.1, 0.15) is 19.8 Å². The van der Waals surface area contributed by atoms with Gasteiger partial charge in [0.2, 0.25) is 0 Å². The molecule has 0 unspecified atom stereocenters. The van der Waals surface area contributed by atoms with E-state index in [-0.39, 0.29) is 19.0 Å². The molecule has 1 heterocycles. The Morgan fingerprint density at radius 3 is 2.64 bits per heavy atom. The Morgan fingerprint density at radius 2 is 1.89 bits per heavy atom. The summed E-state index contributed by atoms with van der Waals surface area (Å²) in [5.74, 6) is 1.06. The van der Waals surface area contributed by atoms with Crippen LogP contribution in [0.4, 0.5) is 0 Å². The molecule has 1 aliphatic heterocycles. The summed E-state index contributed by atoms with van der Waals surface area (Å²) >= 11 is 6.16. The molecule has 8 heteroatoms. The highest BCUT2D eigenvalue weighted by Gasteiger charge is 2.17. The first-order valence-corrected chi connectivity index (χ1v) is 8.91. The molecule has 0 saturated heterocycles. The molecule has 0 radical (unpaired) electrons. The summed E-state index contributed by atoms with van der Waals surface area (Å²) in [4.78, 5) is 23.4. The van der Waals surface area contributed by atoms with E-state index in [0.29, 0.717) is 52.4 Å². The van der Waals surface area contributed by atoms with Crippen molar-refractivity contribution in [2.45, 2.75) is 13.5 Å². The van der Waals surface area contributed by atoms with Crippen molar-refractivity contribution in [3.05, 3.63) is 46.5 Å². The van der Waals surface area contributed by atoms with Crippen LogP contribution in [0.5, 0.6) is 23.0 Å². The number of carbonyl (C=O) groups is 2. The average molecular weight is 407 g/mol. The van der Waals surface area contributed by atoms with E-state index >= 15 is 0 Å². The predicted molar refractivity (Wildman–Crippen MR) is 101 cm³/mol. The van der Waals surface area contributed by atoms with Crippen molar-refractivity contribution in [1.82, 2.24) is 0 Å². The van der Waals surface area contributed by atoms with Gasteiger partial charge < -0.3 is 23.7 Å². The van der Waals surface area contributed by atoms with Crippen LogP contribution < -0.4 is 18.9 Å². The zero-order valence-corrected chi connectivity index (χ0v) is 16.2. The topological polar surface area (TPSA) is 80.3 Å². The quantitative estimate of drug-likeness (QED) is 0.514. The second-order valence-electron chi connectivity index (χ2n) is 5.97. The van der Waals surface area contributed by atoms with Crippen LogP contribution in [0, 0.1) is 0 Å². The summed E-state index contributed by atoms with van der Waals surface area (Å²) in [6.45, 7) is 2.03. The molecule has 0 N–H and O–H groups in total. The van der Waals surface area contributed by atoms with Crippen molar-refractivity contribution in [1.29, 1.82) is 0 Å². The minimum atomic E-state index is -0.566. The van der Waals surface area contributed by atoms with Crippen molar-refractivity contribution < 1.29 is 33.3 Å². The van der Waals surface area contributed by atoms with Gasteiger partial charge in [0.05, 0.1) is 12.1 Å². The average Bonchev–Trinajstić information content (AvgIpc) is 2.70. The highest BCUT2D eigenvalue weighted by atomic mass is 35.5. The fourth-order valence-electron chi connectivity index (χ4n) is 2.60. The molecule has 7 nitrogen and oxygen atoms in total. The van der Waals surface area contributed by atoms with Gasteiger partial charge in [-0.05, 0) is 42.8 Å². The summed E-state index contributed by atoms with van der Waals surface area (Å²) in [6, 6.07) is 8.11. The van der Waals surface area contributed by atoms with Crippen molar-refractivity contribution in [3.8, 4) is 23.0 Å². The molecule has 0 aliphatic carbocycles. The minimum absolute atomic E-state index is 0.0129. The molecule has 2 aromatic carbocycles. The van der Waals surface area contributed by atoms with E-state index in [0.717, 1.165) is 0 Å². The van der Waals surface area contributed by atoms with Crippen LogP contribution in [0.2, 0.25) is 5.02 Å². The summed E-state index contributed by atoms with van der Waals surface area (Å²) in [6.07, 6.45) is 0. The standard InChI is InChI=1S/C20H19ClO7/c1-12(22)14-3-4-16(17(9-14)24-2)27-11-19(23)28-10-13-7-15(21)20-18(8-13)25-5-6-26-20/h3-4,7-9H,5-6,10-11H2,1-2H3. The molecule has 148 valence electrons. The Kier molecular flexibility index (Phi) is 6.26. The Morgan fingerprint density at radius 1 is 1.11 bits per heavy atom. The van der Waals surface area contributed by atoms with Gasteiger partial charge in [-0.3, -0.25) is 4.79 Å². The van der Waals surface area contributed by atoms with E-state index in [4.69, 9.17) is 35.3 Å². The molecule has 0 amide bonds. The summed E-state index contributed by atoms with van der Waals surface area (Å²) < 4.78 is 26.8. The maximum Gasteiger partial charge on any atom is 0.344 e. The lowest BCUT2D eigenvalue weighted by Gasteiger charge is -2.20. The van der Waals surface area contributed by atoms with E-state index in [2.05, 4.69) is 0 Å². The number of methoxy groups -OCH3 is 1. The number of halogens is 1. The van der Waals surface area contributed by atoms with E-state index < -0.39 is 5.97 Å². The third-order valence-corrected chi connectivity index (χ3v) is 4.25. The van der Waals surface area contributed by atoms with Gasteiger partial charge in [0, 0.05) is 5.56 Å². The van der Waals surface area contributed by atoms with Gasteiger partial charge in [0.25, 0.3) is 0 Å². The van der Waals surface area contributed by atoms with Gasteiger partial charge in [-0.15, -0.1) is 0 Å². The maximum atomic E-state index is 12.0. The summed E-state index contributed by atoms with van der Waals surface area (Å²) in [7, 11) is 1.45. The number of carbonyl (C=O) groups excluding carboxylic acids is 2. The number of benzene rings is 2. The molecule has 0 bridgehead atoms. The Balaban J connectivity index is 1.57. The lowest BCUT2D eigenvalue weighted by Crippen LogP contribution is -2.17. The zero-order valence-electron chi connectivity index (χ0n) is 15.5. The zero-order chi connectivity index (χ0) is 20.1. The third kappa shape index (κ3) is 4.67. The number of Topliss-reactive ketones (excluding diaryl/α,β-unsaturated/α-hetero) is 1. The monoisotopic (exact) mass is 406 g/mol. The number of ether oxygens (including phenoxy) is 5. The van der Waals surface area contributed by atoms with Crippen molar-refractivity contribution in [3.63, 3.8) is 0 Å². The molecular weight excluding hydrogens is 388 g/mol. The molecule has 3 rings (SSSR count). The first-order valence-electron chi connectivity index (χ1n) is 8.53. The van der Waals surface area contributed by atoms with Crippen LogP contribution in [0.25, 0.3) is 0 Å². The summed E-state index contributed by atoms with van der Waals surface area (Å²) in [5.41, 5.74) is 1.16. The van der Waals surface area contributed by atoms with Crippen LogP contribution in [0.1, 0.15) is 22.8 Å². The molecule has 28 heavy (non-hydrogen) atoms. The lowest BCUT2D eigenvalue weighted by atomic mass is 10.1. The Labute approximate surface area is 167 Å². The van der Waals surface area contributed by atoms with Gasteiger partial charge in [-0.25, -0.2) is 4.79 Å². The second kappa shape index (κ2) is 8.84. The van der Waals surface area contributed by atoms with Crippen LogP contribution in [0.15, 0.2) is 30.3 Å². The molecule has 1 aliphatic rings. The molecule has 0 atom stereocenters. The van der Waals surface area contributed by atoms with E-state index in [1.807, 2.05) is 0 Å². The van der Waals surface area contributed by atoms with Crippen LogP contribution >= 0.6 is 11.6 Å². The SMILES string of the molecule is COc1cc(C(C)=O)ccc1OCC(=O)OCc1cc(Cl)c2c(c1)OCCO2. The van der Waals surface area contributed by atoms with Crippen LogP contribution in [0.3, 0.4) is 0 Å². The van der Waals surface area contributed by atoms with Gasteiger partial charge in [-0.2, -0.15) is 0 Å². The second-order valence-corrected chi connectivity index (χ2v) is 6.38. The van der Waals surface area contributed by atoms with Crippen LogP contribution in [-0.2, 0) is 16.1 Å². The van der Waals surface area contributed by atoms with Crippen molar-refractivity contribution in [2.75, 3.05) is 26.9 Å². The highest BCUT2D eigenvalue weighted by molar-refractivity contribution is 6.32. The number of hydrogen-bond donors (Lipinski definition) is 0. The molecule has 0 fully saturated rings. The third-order valence-electron chi connectivity index (χ3n) is 3.97. The number of ketones is 1. The van der Waals surface area contributed by atoms with Gasteiger partial charge in [0.15, 0.2) is 35.4 Å². The summed E-state index contributed by atoms with van der Waals surface area (Å²) in [5, 5.41) is 0.398. The van der Waals surface area contributed by atoms with Gasteiger partial charge in [-0.1, -0.05) is 11.6 Å². The first-order chi connectivity index (χ1) is 13.5. The lowest BCUT2D eigenvalue weighted by molar-refractivity contribution is -0.147. The molecular formula is C20H19ClO7. The number of hydrogen-bond acceptors (Lipinski definition) is 7. The molecule has 2 aromatic rings. The first kappa shape index (κ1) is 19.8.